The molecule has 8 heteroatoms. The SMILES string of the molecule is Cc1cc(C)n2c(SCC(=O)N(Cc3ccco3)C3=CCCCC3)nnc2n1. The predicted molar refractivity (Wildman–Crippen MR) is 107 cm³/mol. The average molecular weight is 398 g/mol. The first-order valence-electron chi connectivity index (χ1n) is 9.46. The lowest BCUT2D eigenvalue weighted by molar-refractivity contribution is -0.127. The van der Waals surface area contributed by atoms with E-state index in [1.165, 1.54) is 18.2 Å². The number of allylic oxidation sites excluding steroid dienone is 2. The van der Waals surface area contributed by atoms with Crippen LogP contribution >= 0.6 is 11.8 Å². The molecule has 0 aromatic carbocycles. The van der Waals surface area contributed by atoms with Crippen molar-refractivity contribution in [3.05, 3.63) is 53.4 Å². The van der Waals surface area contributed by atoms with Crippen molar-refractivity contribution in [2.45, 2.75) is 51.2 Å². The van der Waals surface area contributed by atoms with Crippen LogP contribution in [0.1, 0.15) is 42.8 Å². The van der Waals surface area contributed by atoms with E-state index in [2.05, 4.69) is 21.3 Å². The first kappa shape index (κ1) is 18.7. The second-order valence-electron chi connectivity index (χ2n) is 6.95. The molecule has 0 N–H and O–H groups in total. The van der Waals surface area contributed by atoms with Gasteiger partial charge in [0, 0.05) is 17.1 Å². The van der Waals surface area contributed by atoms with Crippen molar-refractivity contribution < 1.29 is 9.21 Å². The number of thioether (sulfide) groups is 1. The largest absolute Gasteiger partial charge is 0.467 e. The van der Waals surface area contributed by atoms with Crippen molar-refractivity contribution in [2.75, 3.05) is 5.75 Å². The van der Waals surface area contributed by atoms with E-state index >= 15 is 0 Å². The molecule has 1 aliphatic carbocycles. The Kier molecular flexibility index (Phi) is 5.47. The first-order valence-corrected chi connectivity index (χ1v) is 10.4. The van der Waals surface area contributed by atoms with Crippen LogP contribution in [0.15, 0.2) is 45.8 Å². The normalized spacial score (nSPS) is 14.3. The Morgan fingerprint density at radius 2 is 2.21 bits per heavy atom. The molecule has 1 aliphatic rings. The molecule has 3 heterocycles. The van der Waals surface area contributed by atoms with Gasteiger partial charge in [0.05, 0.1) is 18.6 Å². The highest BCUT2D eigenvalue weighted by molar-refractivity contribution is 7.99. The average Bonchev–Trinajstić information content (AvgIpc) is 3.34. The molecule has 146 valence electrons. The Hall–Kier alpha value is -2.61. The summed E-state index contributed by atoms with van der Waals surface area (Å²) in [7, 11) is 0. The van der Waals surface area contributed by atoms with Crippen molar-refractivity contribution in [1.29, 1.82) is 0 Å². The number of hydrogen-bond acceptors (Lipinski definition) is 6. The highest BCUT2D eigenvalue weighted by Crippen LogP contribution is 2.25. The molecule has 28 heavy (non-hydrogen) atoms. The zero-order valence-corrected chi connectivity index (χ0v) is 16.9. The van der Waals surface area contributed by atoms with Crippen LogP contribution in [0, 0.1) is 13.8 Å². The minimum Gasteiger partial charge on any atom is -0.467 e. The lowest BCUT2D eigenvalue weighted by Crippen LogP contribution is -2.32. The maximum absolute atomic E-state index is 13.1. The van der Waals surface area contributed by atoms with E-state index in [1.807, 2.05) is 41.3 Å². The van der Waals surface area contributed by atoms with Gasteiger partial charge >= 0.3 is 0 Å². The van der Waals surface area contributed by atoms with Crippen LogP contribution in [0.25, 0.3) is 5.78 Å². The van der Waals surface area contributed by atoms with Crippen molar-refractivity contribution in [3.8, 4) is 0 Å². The molecule has 0 aliphatic heterocycles. The lowest BCUT2D eigenvalue weighted by Gasteiger charge is -2.27. The summed E-state index contributed by atoms with van der Waals surface area (Å²) >= 11 is 1.39. The first-order chi connectivity index (χ1) is 13.6. The molecule has 0 unspecified atom stereocenters. The van der Waals surface area contributed by atoms with Gasteiger partial charge in [0.1, 0.15) is 5.76 Å². The molecule has 4 rings (SSSR count). The van der Waals surface area contributed by atoms with Crippen molar-refractivity contribution in [3.63, 3.8) is 0 Å². The molecule has 0 bridgehead atoms. The third kappa shape index (κ3) is 3.96. The van der Waals surface area contributed by atoms with Gasteiger partial charge in [-0.1, -0.05) is 17.8 Å². The highest BCUT2D eigenvalue weighted by Gasteiger charge is 2.22. The number of carbonyl (C=O) groups excluding carboxylic acids is 1. The van der Waals surface area contributed by atoms with Gasteiger partial charge in [0.25, 0.3) is 5.78 Å². The van der Waals surface area contributed by atoms with E-state index in [4.69, 9.17) is 4.42 Å². The number of amides is 1. The lowest BCUT2D eigenvalue weighted by atomic mass is 10.0. The number of rotatable bonds is 6. The molecule has 3 aromatic rings. The van der Waals surface area contributed by atoms with Gasteiger partial charge in [0.15, 0.2) is 5.16 Å². The number of aromatic nitrogens is 4. The third-order valence-corrected chi connectivity index (χ3v) is 5.71. The van der Waals surface area contributed by atoms with Gasteiger partial charge in [-0.15, -0.1) is 10.2 Å². The molecule has 0 saturated heterocycles. The van der Waals surface area contributed by atoms with Crippen LogP contribution in [0.5, 0.6) is 0 Å². The standard InChI is InChI=1S/C20H23N5O2S/c1-14-11-15(2)25-19(21-14)22-23-20(25)28-13-18(26)24(12-17-9-6-10-27-17)16-7-4-3-5-8-16/h6-7,9-11H,3-5,8,12-13H2,1-2H3. The molecule has 0 spiro atoms. The van der Waals surface area contributed by atoms with Crippen LogP contribution in [0.3, 0.4) is 0 Å². The summed E-state index contributed by atoms with van der Waals surface area (Å²) in [6.07, 6.45) is 8.05. The zero-order chi connectivity index (χ0) is 19.5. The van der Waals surface area contributed by atoms with Gasteiger partial charge in [-0.2, -0.15) is 0 Å². The maximum atomic E-state index is 13.1. The molecule has 3 aromatic heterocycles. The van der Waals surface area contributed by atoms with Gasteiger partial charge < -0.3 is 9.32 Å². The van der Waals surface area contributed by atoms with Gasteiger partial charge in [-0.3, -0.25) is 9.20 Å². The molecule has 0 saturated carbocycles. The minimum absolute atomic E-state index is 0.0454. The van der Waals surface area contributed by atoms with Crippen molar-refractivity contribution >= 4 is 23.4 Å². The van der Waals surface area contributed by atoms with E-state index in [0.717, 1.165) is 42.1 Å². The number of hydrogen-bond donors (Lipinski definition) is 0. The van der Waals surface area contributed by atoms with Gasteiger partial charge in [0.2, 0.25) is 5.91 Å². The smallest absolute Gasteiger partial charge is 0.256 e. The quantitative estimate of drug-likeness (QED) is 0.587. The van der Waals surface area contributed by atoms with E-state index < -0.39 is 0 Å². The summed E-state index contributed by atoms with van der Waals surface area (Å²) in [4.78, 5) is 19.3. The van der Waals surface area contributed by atoms with E-state index in [0.29, 0.717) is 17.5 Å². The topological polar surface area (TPSA) is 76.5 Å². The van der Waals surface area contributed by atoms with E-state index in [-0.39, 0.29) is 11.7 Å². The van der Waals surface area contributed by atoms with Crippen LogP contribution in [0.4, 0.5) is 0 Å². The summed E-state index contributed by atoms with van der Waals surface area (Å²) in [5.74, 6) is 1.68. The molecule has 0 atom stereocenters. The summed E-state index contributed by atoms with van der Waals surface area (Å²) in [6, 6.07) is 5.74. The van der Waals surface area contributed by atoms with Gasteiger partial charge in [-0.25, -0.2) is 4.98 Å². The highest BCUT2D eigenvalue weighted by atomic mass is 32.2. The second kappa shape index (κ2) is 8.18. The molecular formula is C20H23N5O2S. The summed E-state index contributed by atoms with van der Waals surface area (Å²) in [5, 5.41) is 9.05. The fourth-order valence-electron chi connectivity index (χ4n) is 3.47. The van der Waals surface area contributed by atoms with Gasteiger partial charge in [-0.05, 0) is 57.7 Å². The van der Waals surface area contributed by atoms with E-state index in [1.54, 1.807) is 6.26 Å². The van der Waals surface area contributed by atoms with Crippen molar-refractivity contribution in [1.82, 2.24) is 24.5 Å². The Morgan fingerprint density at radius 3 is 2.96 bits per heavy atom. The van der Waals surface area contributed by atoms with Crippen LogP contribution in [-0.4, -0.2) is 36.1 Å². The molecule has 1 amide bonds. The molecule has 7 nitrogen and oxygen atoms in total. The molecule has 0 fully saturated rings. The molecule has 0 radical (unpaired) electrons. The summed E-state index contributed by atoms with van der Waals surface area (Å²) < 4.78 is 7.37. The third-order valence-electron chi connectivity index (χ3n) is 4.80. The number of fused-ring (bicyclic) bond motifs is 1. The number of carbonyl (C=O) groups is 1. The summed E-state index contributed by atoms with van der Waals surface area (Å²) in [5.41, 5.74) is 3.00. The minimum atomic E-state index is 0.0454. The van der Waals surface area contributed by atoms with Crippen molar-refractivity contribution in [2.24, 2.45) is 0 Å². The zero-order valence-electron chi connectivity index (χ0n) is 16.1. The van der Waals surface area contributed by atoms with E-state index in [9.17, 15) is 4.79 Å². The summed E-state index contributed by atoms with van der Waals surface area (Å²) in [6.45, 7) is 4.38. The van der Waals surface area contributed by atoms with Crippen LogP contribution in [0.2, 0.25) is 0 Å². The van der Waals surface area contributed by atoms with Crippen LogP contribution < -0.4 is 0 Å². The molecular weight excluding hydrogens is 374 g/mol. The number of furan rings is 1. The Bertz CT molecular complexity index is 1010. The Morgan fingerprint density at radius 1 is 1.32 bits per heavy atom. The number of aryl methyl sites for hydroxylation is 2. The fourth-order valence-corrected chi connectivity index (χ4v) is 4.33. The second-order valence-corrected chi connectivity index (χ2v) is 7.89. The maximum Gasteiger partial charge on any atom is 0.256 e. The van der Waals surface area contributed by atoms with Crippen LogP contribution in [-0.2, 0) is 11.3 Å². The monoisotopic (exact) mass is 397 g/mol. The fraction of sp³-hybridized carbons (Fsp3) is 0.400. The Balaban J connectivity index is 1.52. The Labute approximate surface area is 167 Å². The predicted octanol–water partition coefficient (Wildman–Crippen LogP) is 3.91. The number of nitrogens with zero attached hydrogens (tertiary/aromatic N) is 5.